The SMILES string of the molecule is CC(=O)N1CC2=C(CN(C(=O)OC(C)(C)C)CC2)O1. The van der Waals surface area contributed by atoms with Gasteiger partial charge in [-0.3, -0.25) is 4.79 Å². The molecular formula is C13H20N2O4. The lowest BCUT2D eigenvalue weighted by Crippen LogP contribution is -2.40. The molecule has 0 saturated heterocycles. The van der Waals surface area contributed by atoms with E-state index < -0.39 is 5.60 Å². The minimum Gasteiger partial charge on any atom is -0.444 e. The molecule has 0 aromatic rings. The summed E-state index contributed by atoms with van der Waals surface area (Å²) in [6.45, 7) is 8.45. The zero-order valence-corrected chi connectivity index (χ0v) is 11.9. The molecule has 6 heteroatoms. The molecule has 2 aliphatic heterocycles. The first-order valence-corrected chi connectivity index (χ1v) is 6.41. The fraction of sp³-hybridized carbons (Fsp3) is 0.692. The van der Waals surface area contributed by atoms with Crippen LogP contribution in [0.5, 0.6) is 0 Å². The molecule has 0 aromatic carbocycles. The average molecular weight is 268 g/mol. The Bertz CT molecular complexity index is 436. The molecule has 2 heterocycles. The van der Waals surface area contributed by atoms with Gasteiger partial charge in [0, 0.05) is 13.5 Å². The van der Waals surface area contributed by atoms with Gasteiger partial charge < -0.3 is 14.5 Å². The average Bonchev–Trinajstić information content (AvgIpc) is 2.69. The van der Waals surface area contributed by atoms with Gasteiger partial charge in [0.1, 0.15) is 5.60 Å². The van der Waals surface area contributed by atoms with Crippen LogP contribution in [0.3, 0.4) is 0 Å². The van der Waals surface area contributed by atoms with Crippen LogP contribution in [0.25, 0.3) is 0 Å². The Morgan fingerprint density at radius 1 is 1.26 bits per heavy atom. The molecule has 0 spiro atoms. The molecule has 106 valence electrons. The minimum atomic E-state index is -0.506. The Morgan fingerprint density at radius 2 is 1.95 bits per heavy atom. The summed E-state index contributed by atoms with van der Waals surface area (Å²) in [7, 11) is 0. The van der Waals surface area contributed by atoms with Crippen molar-refractivity contribution in [2.45, 2.75) is 39.7 Å². The summed E-state index contributed by atoms with van der Waals surface area (Å²) in [6.07, 6.45) is 0.377. The summed E-state index contributed by atoms with van der Waals surface area (Å²) in [6, 6.07) is 0. The third kappa shape index (κ3) is 3.19. The Labute approximate surface area is 112 Å². The van der Waals surface area contributed by atoms with Crippen molar-refractivity contribution in [2.24, 2.45) is 0 Å². The molecule has 19 heavy (non-hydrogen) atoms. The van der Waals surface area contributed by atoms with E-state index in [4.69, 9.17) is 9.57 Å². The van der Waals surface area contributed by atoms with Crippen molar-refractivity contribution in [3.05, 3.63) is 11.3 Å². The van der Waals surface area contributed by atoms with Crippen LogP contribution in [-0.4, -0.2) is 47.2 Å². The second kappa shape index (κ2) is 4.75. The first kappa shape index (κ1) is 13.7. The Hall–Kier alpha value is -1.72. The molecule has 0 aliphatic carbocycles. The van der Waals surface area contributed by atoms with Gasteiger partial charge in [-0.2, -0.15) is 5.06 Å². The summed E-state index contributed by atoms with van der Waals surface area (Å²) in [5.41, 5.74) is 0.586. The Kier molecular flexibility index (Phi) is 3.43. The van der Waals surface area contributed by atoms with E-state index in [1.54, 1.807) is 4.90 Å². The van der Waals surface area contributed by atoms with Gasteiger partial charge in [-0.25, -0.2) is 4.79 Å². The largest absolute Gasteiger partial charge is 0.444 e. The lowest BCUT2D eigenvalue weighted by Gasteiger charge is -2.29. The fourth-order valence-corrected chi connectivity index (χ4v) is 2.03. The number of nitrogens with zero attached hydrogens (tertiary/aromatic N) is 2. The zero-order valence-electron chi connectivity index (χ0n) is 11.9. The maximum Gasteiger partial charge on any atom is 0.410 e. The monoisotopic (exact) mass is 268 g/mol. The van der Waals surface area contributed by atoms with Crippen LogP contribution in [-0.2, 0) is 14.4 Å². The summed E-state index contributed by atoms with van der Waals surface area (Å²) in [5, 5.41) is 1.32. The first-order valence-electron chi connectivity index (χ1n) is 6.41. The highest BCUT2D eigenvalue weighted by Crippen LogP contribution is 2.27. The third-order valence-electron chi connectivity index (χ3n) is 2.97. The number of carbonyl (C=O) groups excluding carboxylic acids is 2. The van der Waals surface area contributed by atoms with E-state index in [0.29, 0.717) is 25.4 Å². The zero-order chi connectivity index (χ0) is 14.2. The molecule has 0 N–H and O–H groups in total. The van der Waals surface area contributed by atoms with E-state index >= 15 is 0 Å². The molecule has 0 atom stereocenters. The highest BCUT2D eigenvalue weighted by molar-refractivity contribution is 5.73. The van der Waals surface area contributed by atoms with E-state index in [-0.39, 0.29) is 12.0 Å². The summed E-state index contributed by atoms with van der Waals surface area (Å²) < 4.78 is 5.33. The van der Waals surface area contributed by atoms with Crippen LogP contribution in [0.2, 0.25) is 0 Å². The molecule has 0 unspecified atom stereocenters. The van der Waals surface area contributed by atoms with Gasteiger partial charge in [-0.1, -0.05) is 0 Å². The second-order valence-electron chi connectivity index (χ2n) is 5.83. The van der Waals surface area contributed by atoms with Gasteiger partial charge >= 0.3 is 6.09 Å². The van der Waals surface area contributed by atoms with Gasteiger partial charge in [0.15, 0.2) is 5.76 Å². The van der Waals surface area contributed by atoms with E-state index in [1.165, 1.54) is 12.0 Å². The van der Waals surface area contributed by atoms with Crippen molar-refractivity contribution in [2.75, 3.05) is 19.6 Å². The standard InChI is InChI=1S/C13H20N2O4/c1-9(16)15-7-10-5-6-14(8-11(10)19-15)12(17)18-13(2,3)4/h5-8H2,1-4H3. The predicted octanol–water partition coefficient (Wildman–Crippen LogP) is 1.68. The normalized spacial score (nSPS) is 19.2. The number of hydrogen-bond donors (Lipinski definition) is 0. The molecule has 0 aromatic heterocycles. The lowest BCUT2D eigenvalue weighted by atomic mass is 10.1. The van der Waals surface area contributed by atoms with Gasteiger partial charge in [0.25, 0.3) is 5.91 Å². The highest BCUT2D eigenvalue weighted by Gasteiger charge is 2.33. The molecule has 2 aliphatic rings. The summed E-state index contributed by atoms with van der Waals surface area (Å²) in [5.74, 6) is 0.575. The van der Waals surface area contributed by atoms with E-state index in [2.05, 4.69) is 0 Å². The molecule has 0 radical (unpaired) electrons. The molecule has 0 fully saturated rings. The molecule has 2 rings (SSSR count). The number of amides is 2. The highest BCUT2D eigenvalue weighted by atomic mass is 16.7. The van der Waals surface area contributed by atoms with Gasteiger partial charge in [-0.15, -0.1) is 0 Å². The topological polar surface area (TPSA) is 59.1 Å². The lowest BCUT2D eigenvalue weighted by molar-refractivity contribution is -0.162. The smallest absolute Gasteiger partial charge is 0.410 e. The van der Waals surface area contributed by atoms with Crippen molar-refractivity contribution in [1.29, 1.82) is 0 Å². The van der Waals surface area contributed by atoms with Crippen LogP contribution in [0.4, 0.5) is 4.79 Å². The third-order valence-corrected chi connectivity index (χ3v) is 2.97. The molecule has 2 amide bonds. The number of rotatable bonds is 0. The van der Waals surface area contributed by atoms with Crippen LogP contribution in [0.15, 0.2) is 11.3 Å². The predicted molar refractivity (Wildman–Crippen MR) is 67.9 cm³/mol. The van der Waals surface area contributed by atoms with E-state index in [1.807, 2.05) is 20.8 Å². The Balaban J connectivity index is 1.97. The number of hydrogen-bond acceptors (Lipinski definition) is 4. The van der Waals surface area contributed by atoms with Gasteiger partial charge in [-0.05, 0) is 32.8 Å². The van der Waals surface area contributed by atoms with Crippen LogP contribution >= 0.6 is 0 Å². The van der Waals surface area contributed by atoms with E-state index in [0.717, 1.165) is 12.0 Å². The number of ether oxygens (including phenoxy) is 1. The number of hydroxylamine groups is 2. The molecular weight excluding hydrogens is 248 g/mol. The van der Waals surface area contributed by atoms with Crippen molar-refractivity contribution in [3.63, 3.8) is 0 Å². The van der Waals surface area contributed by atoms with Gasteiger partial charge in [0.2, 0.25) is 0 Å². The Morgan fingerprint density at radius 3 is 2.53 bits per heavy atom. The van der Waals surface area contributed by atoms with Crippen LogP contribution in [0, 0.1) is 0 Å². The van der Waals surface area contributed by atoms with Crippen LogP contribution < -0.4 is 0 Å². The molecule has 0 saturated carbocycles. The second-order valence-corrected chi connectivity index (χ2v) is 5.83. The first-order chi connectivity index (χ1) is 8.76. The maximum atomic E-state index is 12.0. The van der Waals surface area contributed by atoms with Crippen molar-refractivity contribution >= 4 is 12.0 Å². The van der Waals surface area contributed by atoms with Gasteiger partial charge in [0.05, 0.1) is 13.1 Å². The van der Waals surface area contributed by atoms with E-state index in [9.17, 15) is 9.59 Å². The minimum absolute atomic E-state index is 0.127. The van der Waals surface area contributed by atoms with Crippen molar-refractivity contribution < 1.29 is 19.2 Å². The maximum absolute atomic E-state index is 12.0. The van der Waals surface area contributed by atoms with Crippen LogP contribution in [0.1, 0.15) is 34.1 Å². The number of carbonyl (C=O) groups is 2. The van der Waals surface area contributed by atoms with Crippen molar-refractivity contribution in [3.8, 4) is 0 Å². The van der Waals surface area contributed by atoms with Crippen molar-refractivity contribution in [1.82, 2.24) is 9.96 Å². The summed E-state index contributed by atoms with van der Waals surface area (Å²) in [4.78, 5) is 30.3. The molecule has 0 bridgehead atoms. The quantitative estimate of drug-likeness (QED) is 0.670. The summed E-state index contributed by atoms with van der Waals surface area (Å²) >= 11 is 0. The fourth-order valence-electron chi connectivity index (χ4n) is 2.03. The molecule has 6 nitrogen and oxygen atoms in total.